The number of esters is 1. The second-order valence-corrected chi connectivity index (χ2v) is 5.26. The summed E-state index contributed by atoms with van der Waals surface area (Å²) in [6.07, 6.45) is 1.71. The molecular formula is C17H17NO5. The van der Waals surface area contributed by atoms with Crippen molar-refractivity contribution in [1.82, 2.24) is 5.16 Å². The fraction of sp³-hybridized carbons (Fsp3) is 0.294. The zero-order chi connectivity index (χ0) is 16.4. The van der Waals surface area contributed by atoms with Crippen molar-refractivity contribution in [1.29, 1.82) is 0 Å². The van der Waals surface area contributed by atoms with Crippen molar-refractivity contribution >= 4 is 16.9 Å². The van der Waals surface area contributed by atoms with E-state index in [1.165, 1.54) is 0 Å². The fourth-order valence-electron chi connectivity index (χ4n) is 2.39. The molecule has 3 aromatic rings. The van der Waals surface area contributed by atoms with E-state index < -0.39 is 0 Å². The van der Waals surface area contributed by atoms with E-state index in [9.17, 15) is 4.79 Å². The Hall–Kier alpha value is -2.76. The Bertz CT molecular complexity index is 826. The van der Waals surface area contributed by atoms with Crippen LogP contribution in [0.3, 0.4) is 0 Å². The van der Waals surface area contributed by atoms with Crippen LogP contribution in [-0.2, 0) is 22.6 Å². The Morgan fingerprint density at radius 2 is 2.13 bits per heavy atom. The van der Waals surface area contributed by atoms with Crippen molar-refractivity contribution in [2.45, 2.75) is 26.9 Å². The molecule has 1 aromatic carbocycles. The number of nitrogens with zero attached hydrogens (tertiary/aromatic N) is 1. The van der Waals surface area contributed by atoms with Crippen molar-refractivity contribution in [3.63, 3.8) is 0 Å². The van der Waals surface area contributed by atoms with Gasteiger partial charge < -0.3 is 18.4 Å². The van der Waals surface area contributed by atoms with E-state index in [1.54, 1.807) is 26.4 Å². The molecule has 0 aliphatic carbocycles. The standard InChI is InChI=1S/C17H17NO5/c1-10-15(11(2)23-18-10)9-22-17(19)6-12-8-21-16-7-13(20-3)4-5-14(12)16/h4-5,7-8H,6,9H2,1-3H3. The van der Waals surface area contributed by atoms with Gasteiger partial charge >= 0.3 is 5.97 Å². The lowest BCUT2D eigenvalue weighted by Crippen LogP contribution is -2.08. The molecule has 0 aliphatic heterocycles. The normalized spacial score (nSPS) is 10.9. The van der Waals surface area contributed by atoms with Gasteiger partial charge in [-0.15, -0.1) is 0 Å². The maximum atomic E-state index is 12.1. The number of ether oxygens (including phenoxy) is 2. The zero-order valence-electron chi connectivity index (χ0n) is 13.2. The minimum absolute atomic E-state index is 0.142. The third kappa shape index (κ3) is 3.06. The van der Waals surface area contributed by atoms with E-state index in [2.05, 4.69) is 5.16 Å². The second kappa shape index (κ2) is 6.16. The molecule has 0 bridgehead atoms. The summed E-state index contributed by atoms with van der Waals surface area (Å²) >= 11 is 0. The number of aromatic nitrogens is 1. The first-order valence-corrected chi connectivity index (χ1v) is 7.20. The molecule has 3 rings (SSSR count). The molecule has 0 saturated heterocycles. The molecule has 0 atom stereocenters. The van der Waals surface area contributed by atoms with Crippen molar-refractivity contribution in [3.8, 4) is 5.75 Å². The Balaban J connectivity index is 1.68. The van der Waals surface area contributed by atoms with Gasteiger partial charge in [-0.1, -0.05) is 5.16 Å². The van der Waals surface area contributed by atoms with Crippen molar-refractivity contribution < 1.29 is 23.2 Å². The van der Waals surface area contributed by atoms with Gasteiger partial charge in [0.1, 0.15) is 23.7 Å². The minimum atomic E-state index is -0.330. The van der Waals surface area contributed by atoms with Crippen molar-refractivity contribution in [3.05, 3.63) is 47.0 Å². The summed E-state index contributed by atoms with van der Waals surface area (Å²) in [5, 5.41) is 4.71. The summed E-state index contributed by atoms with van der Waals surface area (Å²) in [7, 11) is 1.59. The molecule has 2 aromatic heterocycles. The van der Waals surface area contributed by atoms with Gasteiger partial charge in [0.25, 0.3) is 0 Å². The number of hydrogen-bond acceptors (Lipinski definition) is 6. The summed E-state index contributed by atoms with van der Waals surface area (Å²) in [4.78, 5) is 12.1. The predicted octanol–water partition coefficient (Wildman–Crippen LogP) is 3.33. The molecular weight excluding hydrogens is 298 g/mol. The number of fused-ring (bicyclic) bond motifs is 1. The molecule has 0 unspecified atom stereocenters. The molecule has 0 radical (unpaired) electrons. The Morgan fingerprint density at radius 1 is 1.30 bits per heavy atom. The highest BCUT2D eigenvalue weighted by molar-refractivity contribution is 5.86. The molecule has 6 nitrogen and oxygen atoms in total. The van der Waals surface area contributed by atoms with E-state index in [4.69, 9.17) is 18.4 Å². The Morgan fingerprint density at radius 3 is 2.83 bits per heavy atom. The number of benzene rings is 1. The average molecular weight is 315 g/mol. The van der Waals surface area contributed by atoms with Crippen molar-refractivity contribution in [2.24, 2.45) is 0 Å². The van der Waals surface area contributed by atoms with Gasteiger partial charge in [0.15, 0.2) is 0 Å². The van der Waals surface area contributed by atoms with E-state index in [0.717, 1.165) is 22.2 Å². The first-order valence-electron chi connectivity index (χ1n) is 7.20. The first-order chi connectivity index (χ1) is 11.1. The SMILES string of the molecule is COc1ccc2c(CC(=O)OCc3c(C)noc3C)coc2c1. The van der Waals surface area contributed by atoms with Gasteiger partial charge in [-0.25, -0.2) is 0 Å². The Labute approximate surface area is 133 Å². The fourth-order valence-corrected chi connectivity index (χ4v) is 2.39. The quantitative estimate of drug-likeness (QED) is 0.672. The summed E-state index contributed by atoms with van der Waals surface area (Å²) < 4.78 is 21.0. The van der Waals surface area contributed by atoms with E-state index in [-0.39, 0.29) is 19.0 Å². The summed E-state index contributed by atoms with van der Waals surface area (Å²) in [6, 6.07) is 5.49. The molecule has 0 saturated carbocycles. The third-order valence-corrected chi connectivity index (χ3v) is 3.76. The van der Waals surface area contributed by atoms with Crippen LogP contribution in [-0.4, -0.2) is 18.2 Å². The van der Waals surface area contributed by atoms with Crippen LogP contribution >= 0.6 is 0 Å². The van der Waals surface area contributed by atoms with E-state index in [0.29, 0.717) is 17.1 Å². The molecule has 6 heteroatoms. The first kappa shape index (κ1) is 15.1. The average Bonchev–Trinajstić information content (AvgIpc) is 3.09. The molecule has 0 spiro atoms. The number of rotatable bonds is 5. The topological polar surface area (TPSA) is 74.7 Å². The highest BCUT2D eigenvalue weighted by Gasteiger charge is 2.15. The smallest absolute Gasteiger partial charge is 0.310 e. The highest BCUT2D eigenvalue weighted by Crippen LogP contribution is 2.26. The number of methoxy groups -OCH3 is 1. The van der Waals surface area contributed by atoms with Gasteiger partial charge in [-0.3, -0.25) is 4.79 Å². The third-order valence-electron chi connectivity index (χ3n) is 3.76. The lowest BCUT2D eigenvalue weighted by atomic mass is 10.1. The number of carbonyl (C=O) groups is 1. The van der Waals surface area contributed by atoms with Gasteiger partial charge in [-0.05, 0) is 26.0 Å². The largest absolute Gasteiger partial charge is 0.497 e. The summed E-state index contributed by atoms with van der Waals surface area (Å²) in [5.74, 6) is 1.04. The van der Waals surface area contributed by atoms with Crippen LogP contribution < -0.4 is 4.74 Å². The molecule has 120 valence electrons. The van der Waals surface area contributed by atoms with Crippen LogP contribution in [0.5, 0.6) is 5.75 Å². The molecule has 0 amide bonds. The summed E-state index contributed by atoms with van der Waals surface area (Å²) in [5.41, 5.74) is 3.00. The zero-order valence-corrected chi connectivity index (χ0v) is 13.2. The van der Waals surface area contributed by atoms with Crippen LogP contribution in [0.2, 0.25) is 0 Å². The van der Waals surface area contributed by atoms with Crippen LogP contribution in [0.1, 0.15) is 22.6 Å². The number of hydrogen-bond donors (Lipinski definition) is 0. The van der Waals surface area contributed by atoms with Crippen molar-refractivity contribution in [2.75, 3.05) is 7.11 Å². The lowest BCUT2D eigenvalue weighted by Gasteiger charge is -2.04. The van der Waals surface area contributed by atoms with E-state index in [1.807, 2.05) is 19.1 Å². The van der Waals surface area contributed by atoms with Crippen LogP contribution in [0.15, 0.2) is 33.4 Å². The van der Waals surface area contributed by atoms with E-state index >= 15 is 0 Å². The lowest BCUT2D eigenvalue weighted by molar-refractivity contribution is -0.144. The maximum absolute atomic E-state index is 12.1. The van der Waals surface area contributed by atoms with Gasteiger partial charge in [-0.2, -0.15) is 0 Å². The summed E-state index contributed by atoms with van der Waals surface area (Å²) in [6.45, 7) is 3.76. The van der Waals surface area contributed by atoms with Crippen LogP contribution in [0, 0.1) is 13.8 Å². The number of aryl methyl sites for hydroxylation is 2. The van der Waals surface area contributed by atoms with Gasteiger partial charge in [0, 0.05) is 17.0 Å². The van der Waals surface area contributed by atoms with Crippen LogP contribution in [0.25, 0.3) is 11.0 Å². The monoisotopic (exact) mass is 315 g/mol. The molecule has 0 N–H and O–H groups in total. The van der Waals surface area contributed by atoms with Gasteiger partial charge in [0.2, 0.25) is 0 Å². The minimum Gasteiger partial charge on any atom is -0.497 e. The van der Waals surface area contributed by atoms with Gasteiger partial charge in [0.05, 0.1) is 31.1 Å². The number of furan rings is 1. The number of carbonyl (C=O) groups excluding carboxylic acids is 1. The predicted molar refractivity (Wildman–Crippen MR) is 82.2 cm³/mol. The molecule has 23 heavy (non-hydrogen) atoms. The molecule has 2 heterocycles. The second-order valence-electron chi connectivity index (χ2n) is 5.26. The highest BCUT2D eigenvalue weighted by atomic mass is 16.5. The van der Waals surface area contributed by atoms with Crippen LogP contribution in [0.4, 0.5) is 0 Å². The molecule has 0 fully saturated rings. The maximum Gasteiger partial charge on any atom is 0.310 e. The molecule has 0 aliphatic rings. The Kier molecular flexibility index (Phi) is 4.06.